The number of nitrogens with zero attached hydrogens (tertiary/aromatic N) is 3. The lowest BCUT2D eigenvalue weighted by Gasteiger charge is -2.15. The number of hydrogen-bond acceptors (Lipinski definition) is 3. The number of terminal acetylenes is 1. The number of aromatic nitrogens is 3. The van der Waals surface area contributed by atoms with Gasteiger partial charge in [-0.3, -0.25) is 0 Å². The fraction of sp³-hybridized carbons (Fsp3) is 0.467. The van der Waals surface area contributed by atoms with Crippen molar-refractivity contribution in [1.29, 1.82) is 0 Å². The minimum absolute atomic E-state index is 0.251. The summed E-state index contributed by atoms with van der Waals surface area (Å²) in [6, 6.07) is 2.34. The molecule has 0 bridgehead atoms. The third kappa shape index (κ3) is 2.87. The van der Waals surface area contributed by atoms with Gasteiger partial charge in [-0.15, -0.1) is 12.3 Å². The van der Waals surface area contributed by atoms with Crippen molar-refractivity contribution in [2.45, 2.75) is 45.6 Å². The number of rotatable bonds is 5. The van der Waals surface area contributed by atoms with E-state index in [-0.39, 0.29) is 6.04 Å². The zero-order chi connectivity index (χ0) is 13.8. The summed E-state index contributed by atoms with van der Waals surface area (Å²) in [6.07, 6.45) is 10.7. The van der Waals surface area contributed by atoms with Gasteiger partial charge in [0.15, 0.2) is 5.82 Å². The zero-order valence-electron chi connectivity index (χ0n) is 11.7. The summed E-state index contributed by atoms with van der Waals surface area (Å²) >= 11 is 0. The molecule has 0 radical (unpaired) electrons. The Bertz CT molecular complexity index is 592. The van der Waals surface area contributed by atoms with Gasteiger partial charge in [-0.25, -0.2) is 9.50 Å². The second-order valence-corrected chi connectivity index (χ2v) is 4.99. The van der Waals surface area contributed by atoms with Crippen molar-refractivity contribution in [3.63, 3.8) is 0 Å². The smallest absolute Gasteiger partial charge is 0.152 e. The first-order chi connectivity index (χ1) is 9.15. The van der Waals surface area contributed by atoms with E-state index in [1.807, 2.05) is 10.7 Å². The van der Waals surface area contributed by atoms with Crippen molar-refractivity contribution in [1.82, 2.24) is 14.6 Å². The molecule has 4 nitrogen and oxygen atoms in total. The van der Waals surface area contributed by atoms with Crippen LogP contribution < -0.4 is 5.32 Å². The lowest BCUT2D eigenvalue weighted by Crippen LogP contribution is -2.18. The van der Waals surface area contributed by atoms with E-state index < -0.39 is 0 Å². The third-order valence-electron chi connectivity index (χ3n) is 3.20. The Morgan fingerprint density at radius 2 is 2.26 bits per heavy atom. The van der Waals surface area contributed by atoms with Gasteiger partial charge < -0.3 is 5.32 Å². The van der Waals surface area contributed by atoms with Crippen molar-refractivity contribution < 1.29 is 0 Å². The zero-order valence-corrected chi connectivity index (χ0v) is 11.7. The first kappa shape index (κ1) is 13.4. The van der Waals surface area contributed by atoms with Crippen LogP contribution in [0.5, 0.6) is 0 Å². The van der Waals surface area contributed by atoms with Crippen LogP contribution in [0.2, 0.25) is 0 Å². The number of hydrogen-bond donors (Lipinski definition) is 1. The fourth-order valence-corrected chi connectivity index (χ4v) is 1.97. The standard InChI is InChI=1S/C15H20N4/c1-5-7-12(6-2)17-15-14-10-13(11(3)4)18-19(14)9-8-16-15/h1,8-12H,6-7H2,2-4H3,(H,16,17). The summed E-state index contributed by atoms with van der Waals surface area (Å²) in [5.74, 6) is 3.95. The first-order valence-corrected chi connectivity index (χ1v) is 6.70. The van der Waals surface area contributed by atoms with Crippen LogP contribution in [0, 0.1) is 12.3 Å². The van der Waals surface area contributed by atoms with Gasteiger partial charge in [-0.2, -0.15) is 5.10 Å². The average Bonchev–Trinajstić information content (AvgIpc) is 2.83. The predicted molar refractivity (Wildman–Crippen MR) is 78.2 cm³/mol. The van der Waals surface area contributed by atoms with E-state index in [9.17, 15) is 0 Å². The quantitative estimate of drug-likeness (QED) is 0.836. The van der Waals surface area contributed by atoms with Crippen LogP contribution in [-0.4, -0.2) is 20.6 Å². The summed E-state index contributed by atoms with van der Waals surface area (Å²) in [6.45, 7) is 6.38. The highest BCUT2D eigenvalue weighted by Gasteiger charge is 2.12. The van der Waals surface area contributed by atoms with Gasteiger partial charge in [0.05, 0.1) is 5.69 Å². The molecule has 0 saturated heterocycles. The molecule has 2 aromatic rings. The van der Waals surface area contributed by atoms with E-state index in [2.05, 4.69) is 48.2 Å². The summed E-state index contributed by atoms with van der Waals surface area (Å²) < 4.78 is 1.87. The maximum absolute atomic E-state index is 5.39. The van der Waals surface area contributed by atoms with E-state index in [1.54, 1.807) is 6.20 Å². The molecule has 1 N–H and O–H groups in total. The SMILES string of the molecule is C#CCC(CC)Nc1nccn2nc(C(C)C)cc12. The molecular weight excluding hydrogens is 236 g/mol. The van der Waals surface area contributed by atoms with E-state index in [0.717, 1.165) is 23.4 Å². The molecule has 0 fully saturated rings. The van der Waals surface area contributed by atoms with E-state index >= 15 is 0 Å². The number of fused-ring (bicyclic) bond motifs is 1. The van der Waals surface area contributed by atoms with Crippen LogP contribution in [0.4, 0.5) is 5.82 Å². The molecule has 0 spiro atoms. The Hall–Kier alpha value is -2.02. The van der Waals surface area contributed by atoms with Crippen LogP contribution in [0.15, 0.2) is 18.5 Å². The van der Waals surface area contributed by atoms with Crippen molar-refractivity contribution >= 4 is 11.3 Å². The van der Waals surface area contributed by atoms with Crippen LogP contribution in [0.25, 0.3) is 5.52 Å². The van der Waals surface area contributed by atoms with Crippen LogP contribution >= 0.6 is 0 Å². The normalized spacial score (nSPS) is 12.6. The number of nitrogens with one attached hydrogen (secondary N) is 1. The maximum atomic E-state index is 5.39. The van der Waals surface area contributed by atoms with Crippen molar-refractivity contribution in [2.75, 3.05) is 5.32 Å². The summed E-state index contributed by atoms with van der Waals surface area (Å²) in [7, 11) is 0. The Morgan fingerprint density at radius 3 is 2.89 bits per heavy atom. The molecule has 0 amide bonds. The molecule has 1 atom stereocenters. The van der Waals surface area contributed by atoms with Crippen LogP contribution in [0.3, 0.4) is 0 Å². The minimum atomic E-state index is 0.251. The molecule has 0 aromatic carbocycles. The third-order valence-corrected chi connectivity index (χ3v) is 3.20. The molecule has 19 heavy (non-hydrogen) atoms. The highest BCUT2D eigenvalue weighted by atomic mass is 15.2. The van der Waals surface area contributed by atoms with Gasteiger partial charge in [-0.1, -0.05) is 20.8 Å². The Labute approximate surface area is 114 Å². The van der Waals surface area contributed by atoms with Crippen molar-refractivity contribution in [2.24, 2.45) is 0 Å². The second kappa shape index (κ2) is 5.75. The monoisotopic (exact) mass is 256 g/mol. The fourth-order valence-electron chi connectivity index (χ4n) is 1.97. The highest BCUT2D eigenvalue weighted by molar-refractivity contribution is 5.68. The van der Waals surface area contributed by atoms with Gasteiger partial charge in [0, 0.05) is 24.9 Å². The highest BCUT2D eigenvalue weighted by Crippen LogP contribution is 2.21. The van der Waals surface area contributed by atoms with Gasteiger partial charge in [0.1, 0.15) is 5.52 Å². The summed E-state index contributed by atoms with van der Waals surface area (Å²) in [4.78, 5) is 4.41. The maximum Gasteiger partial charge on any atom is 0.152 e. The molecular formula is C15H20N4. The molecule has 0 aliphatic heterocycles. The van der Waals surface area contributed by atoms with E-state index in [1.165, 1.54) is 0 Å². The molecule has 0 aliphatic rings. The molecule has 100 valence electrons. The van der Waals surface area contributed by atoms with Gasteiger partial charge in [0.25, 0.3) is 0 Å². The van der Waals surface area contributed by atoms with Gasteiger partial charge >= 0.3 is 0 Å². The number of anilines is 1. The molecule has 2 rings (SSSR count). The topological polar surface area (TPSA) is 42.2 Å². The molecule has 2 aromatic heterocycles. The molecule has 0 aliphatic carbocycles. The van der Waals surface area contributed by atoms with E-state index in [4.69, 9.17) is 6.42 Å². The average molecular weight is 256 g/mol. The first-order valence-electron chi connectivity index (χ1n) is 6.70. The van der Waals surface area contributed by atoms with E-state index in [0.29, 0.717) is 12.3 Å². The van der Waals surface area contributed by atoms with Gasteiger partial charge in [-0.05, 0) is 18.4 Å². The Kier molecular flexibility index (Phi) is 4.06. The largest absolute Gasteiger partial charge is 0.365 e. The van der Waals surface area contributed by atoms with Crippen LogP contribution in [-0.2, 0) is 0 Å². The lowest BCUT2D eigenvalue weighted by molar-refractivity contribution is 0.711. The molecule has 2 heterocycles. The molecule has 1 unspecified atom stereocenters. The second-order valence-electron chi connectivity index (χ2n) is 4.99. The summed E-state index contributed by atoms with van der Waals surface area (Å²) in [5.41, 5.74) is 2.07. The van der Waals surface area contributed by atoms with Crippen molar-refractivity contribution in [3.8, 4) is 12.3 Å². The van der Waals surface area contributed by atoms with Crippen molar-refractivity contribution in [3.05, 3.63) is 24.2 Å². The lowest BCUT2D eigenvalue weighted by atomic mass is 10.1. The molecule has 4 heteroatoms. The molecule has 0 saturated carbocycles. The Balaban J connectivity index is 2.35. The van der Waals surface area contributed by atoms with Crippen LogP contribution in [0.1, 0.15) is 45.2 Å². The summed E-state index contributed by atoms with van der Waals surface area (Å²) in [5, 5.41) is 7.96. The minimum Gasteiger partial charge on any atom is -0.365 e. The Morgan fingerprint density at radius 1 is 1.47 bits per heavy atom. The predicted octanol–water partition coefficient (Wildman–Crippen LogP) is 3.07. The van der Waals surface area contributed by atoms with Gasteiger partial charge in [0.2, 0.25) is 0 Å².